The minimum Gasteiger partial charge on any atom is -0.459 e. The minimum atomic E-state index is -0.794. The third-order valence-corrected chi connectivity index (χ3v) is 15.4. The Kier molecular flexibility index (Phi) is 9.64. The monoisotopic (exact) mass is 798 g/mol. The van der Waals surface area contributed by atoms with Crippen molar-refractivity contribution in [3.05, 3.63) is 24.3 Å². The van der Waals surface area contributed by atoms with E-state index in [9.17, 15) is 4.79 Å². The van der Waals surface area contributed by atoms with Crippen LogP contribution in [0, 0.1) is 11.8 Å². The van der Waals surface area contributed by atoms with Gasteiger partial charge in [0.25, 0.3) is 0 Å². The fourth-order valence-electron chi connectivity index (χ4n) is 12.5. The quantitative estimate of drug-likeness (QED) is 0.241. The van der Waals surface area contributed by atoms with Crippen LogP contribution in [0.3, 0.4) is 0 Å². The van der Waals surface area contributed by atoms with Crippen LogP contribution in [0.25, 0.3) is 0 Å². The molecule has 316 valence electrons. The van der Waals surface area contributed by atoms with Crippen LogP contribution in [0.1, 0.15) is 105 Å². The molecule has 0 N–H and O–H groups in total. The summed E-state index contributed by atoms with van der Waals surface area (Å²) in [6.07, 6.45) is 4.24. The van der Waals surface area contributed by atoms with E-state index in [2.05, 4.69) is 27.0 Å². The Morgan fingerprint density at radius 3 is 2.19 bits per heavy atom. The van der Waals surface area contributed by atoms with Crippen molar-refractivity contribution in [1.29, 1.82) is 0 Å². The van der Waals surface area contributed by atoms with Crippen molar-refractivity contribution >= 4 is 5.97 Å². The van der Waals surface area contributed by atoms with Gasteiger partial charge in [-0.25, -0.2) is 0 Å². The SMILES string of the molecule is C=C1C[C@@H]2CC[C@@]34C[C@H]5O[C@H]6[C@@H](O3)[C@H]3OC(CC[C@@H]3O[C@H]6[C@H]5O4)CC(=O)O[C@H]3C(C[C@H]4OC(CCC1O2)C[C@@H](C)C4=C)O[C@H]1C[C@H]2OC(C)(C)OC[C@H]2O[C@H]1[C@@H]3C. The first kappa shape index (κ1) is 38.4. The molecule has 0 saturated carbocycles. The second-order valence-corrected chi connectivity index (χ2v) is 19.8. The van der Waals surface area contributed by atoms with Crippen LogP contribution in [0.4, 0.5) is 0 Å². The molecule has 12 saturated heterocycles. The topological polar surface area (TPSA) is 128 Å². The molecular weight excluding hydrogens is 736 g/mol. The molecule has 0 aromatic carbocycles. The number of esters is 1. The van der Waals surface area contributed by atoms with E-state index in [0.29, 0.717) is 38.7 Å². The van der Waals surface area contributed by atoms with Crippen molar-refractivity contribution in [2.75, 3.05) is 6.61 Å². The van der Waals surface area contributed by atoms with Crippen LogP contribution in [0.15, 0.2) is 24.3 Å². The fourth-order valence-corrected chi connectivity index (χ4v) is 12.5. The molecule has 12 aliphatic heterocycles. The summed E-state index contributed by atoms with van der Waals surface area (Å²) < 4.78 is 80.1. The Morgan fingerprint density at radius 2 is 1.32 bits per heavy atom. The van der Waals surface area contributed by atoms with Crippen LogP contribution >= 0.6 is 0 Å². The number of fused-ring (bicyclic) bond motifs is 8. The highest BCUT2D eigenvalue weighted by Crippen LogP contribution is 2.54. The Bertz CT molecular complexity index is 1600. The van der Waals surface area contributed by atoms with Crippen molar-refractivity contribution in [3.63, 3.8) is 0 Å². The summed E-state index contributed by atoms with van der Waals surface area (Å²) in [7, 11) is 0. The summed E-state index contributed by atoms with van der Waals surface area (Å²) >= 11 is 0. The van der Waals surface area contributed by atoms with Crippen LogP contribution in [-0.4, -0.2) is 134 Å². The summed E-state index contributed by atoms with van der Waals surface area (Å²) in [4.78, 5) is 14.1. The molecule has 12 fully saturated rings. The van der Waals surface area contributed by atoms with Gasteiger partial charge in [0, 0.05) is 31.6 Å². The van der Waals surface area contributed by atoms with Gasteiger partial charge in [0.05, 0.1) is 80.2 Å². The Morgan fingerprint density at radius 1 is 0.579 bits per heavy atom. The number of carbonyl (C=O) groups is 1. The lowest BCUT2D eigenvalue weighted by Crippen LogP contribution is -2.64. The minimum absolute atomic E-state index is 0.0204. The maximum atomic E-state index is 14.1. The van der Waals surface area contributed by atoms with Crippen LogP contribution in [0.5, 0.6) is 0 Å². The second-order valence-electron chi connectivity index (χ2n) is 19.8. The number of hydrogen-bond donors (Lipinski definition) is 0. The van der Waals surface area contributed by atoms with Gasteiger partial charge in [0.1, 0.15) is 42.7 Å². The molecule has 0 aromatic rings. The van der Waals surface area contributed by atoms with E-state index in [4.69, 9.17) is 56.8 Å². The predicted molar refractivity (Wildman–Crippen MR) is 200 cm³/mol. The molecule has 4 unspecified atom stereocenters. The third-order valence-electron chi connectivity index (χ3n) is 15.4. The largest absolute Gasteiger partial charge is 0.459 e. The van der Waals surface area contributed by atoms with Gasteiger partial charge in [-0.3, -0.25) is 4.79 Å². The van der Waals surface area contributed by atoms with Crippen molar-refractivity contribution < 1.29 is 61.6 Å². The average Bonchev–Trinajstić information content (AvgIpc) is 3.75. The highest BCUT2D eigenvalue weighted by molar-refractivity contribution is 5.70. The highest BCUT2D eigenvalue weighted by Gasteiger charge is 2.69. The first-order chi connectivity index (χ1) is 27.4. The van der Waals surface area contributed by atoms with Crippen molar-refractivity contribution in [2.45, 2.75) is 226 Å². The van der Waals surface area contributed by atoms with Crippen molar-refractivity contribution in [1.82, 2.24) is 0 Å². The van der Waals surface area contributed by atoms with Crippen LogP contribution in [0.2, 0.25) is 0 Å². The number of ether oxygens (including phenoxy) is 12. The molecule has 1 spiro atoms. The van der Waals surface area contributed by atoms with Crippen LogP contribution < -0.4 is 0 Å². The third kappa shape index (κ3) is 6.81. The molecule has 0 aliphatic carbocycles. The maximum Gasteiger partial charge on any atom is 0.308 e. The van der Waals surface area contributed by atoms with Crippen molar-refractivity contribution in [3.8, 4) is 0 Å². The molecular formula is C44H62O13. The number of hydrogen-bond acceptors (Lipinski definition) is 13. The van der Waals surface area contributed by atoms with Crippen LogP contribution in [-0.2, 0) is 61.6 Å². The van der Waals surface area contributed by atoms with Gasteiger partial charge in [-0.1, -0.05) is 27.0 Å². The summed E-state index contributed by atoms with van der Waals surface area (Å²) in [5.41, 5.74) is 2.20. The molecule has 0 amide bonds. The molecule has 57 heavy (non-hydrogen) atoms. The second kappa shape index (κ2) is 14.3. The van der Waals surface area contributed by atoms with E-state index in [-0.39, 0.29) is 122 Å². The van der Waals surface area contributed by atoms with Gasteiger partial charge in [-0.2, -0.15) is 0 Å². The first-order valence-electron chi connectivity index (χ1n) is 22.2. The van der Waals surface area contributed by atoms with Gasteiger partial charge in [0.2, 0.25) is 0 Å². The first-order valence-corrected chi connectivity index (χ1v) is 22.2. The van der Waals surface area contributed by atoms with Gasteiger partial charge in [-0.05, 0) is 75.9 Å². The van der Waals surface area contributed by atoms with E-state index >= 15 is 0 Å². The Hall–Kier alpha value is -1.49. The summed E-state index contributed by atoms with van der Waals surface area (Å²) in [5, 5.41) is 0. The van der Waals surface area contributed by atoms with Gasteiger partial charge < -0.3 is 56.8 Å². The number of carbonyl (C=O) groups excluding carboxylic acids is 1. The van der Waals surface area contributed by atoms with Gasteiger partial charge >= 0.3 is 5.97 Å². The van der Waals surface area contributed by atoms with E-state index in [1.807, 2.05) is 13.8 Å². The van der Waals surface area contributed by atoms with Gasteiger partial charge in [0.15, 0.2) is 11.6 Å². The zero-order chi connectivity index (χ0) is 39.0. The summed E-state index contributed by atoms with van der Waals surface area (Å²) in [6, 6.07) is 0. The van der Waals surface area contributed by atoms with E-state index in [1.54, 1.807) is 0 Å². The molecule has 0 aromatic heterocycles. The van der Waals surface area contributed by atoms with E-state index in [0.717, 1.165) is 49.7 Å². The molecule has 12 bridgehead atoms. The average molecular weight is 799 g/mol. The summed E-state index contributed by atoms with van der Waals surface area (Å²) in [6.45, 7) is 17.7. The van der Waals surface area contributed by atoms with Crippen molar-refractivity contribution in [2.24, 2.45) is 11.8 Å². The zero-order valence-corrected chi connectivity index (χ0v) is 34.0. The normalized spacial score (nSPS) is 55.5. The predicted octanol–water partition coefficient (Wildman–Crippen LogP) is 4.99. The zero-order valence-electron chi connectivity index (χ0n) is 34.0. The lowest BCUT2D eigenvalue weighted by atomic mass is 9.79. The highest BCUT2D eigenvalue weighted by atomic mass is 16.8. The Labute approximate surface area is 336 Å². The molecule has 13 heteroatoms. The smallest absolute Gasteiger partial charge is 0.308 e. The lowest BCUT2D eigenvalue weighted by molar-refractivity contribution is -0.356. The molecule has 12 aliphatic rings. The number of rotatable bonds is 0. The molecule has 12 heterocycles. The molecule has 12 rings (SSSR count). The van der Waals surface area contributed by atoms with E-state index in [1.165, 1.54) is 0 Å². The standard InChI is InChI=1S/C44H62O13/c1-20-13-24-7-9-27-21(2)14-26(47-27)11-12-44-18-33-39(56-44)40-41(52-33)42(57-44)38-28(51-40)10-8-25(49-38)15-35(45)54-37-23(4)36-32(50-31(37)16-29(48-24)22(20)3)17-30-34(53-36)19-46-43(5,6)55-30/h20,23-34,36-42H,2-3,7-19H2,1,4-6H3/t20-,23+,24?,25?,26+,27?,28+,29-,30-,31?,32+,33-,34-,36+,37-,38+,39+,40+,41-,42+,44+/m1/s1. The lowest BCUT2D eigenvalue weighted by Gasteiger charge is -2.53. The summed E-state index contributed by atoms with van der Waals surface area (Å²) in [5.74, 6) is -1.69. The van der Waals surface area contributed by atoms with E-state index < -0.39 is 23.8 Å². The molecule has 21 atom stereocenters. The maximum absolute atomic E-state index is 14.1. The molecule has 13 nitrogen and oxygen atoms in total. The Balaban J connectivity index is 0.879. The molecule has 0 radical (unpaired) electrons. The van der Waals surface area contributed by atoms with Gasteiger partial charge in [-0.15, -0.1) is 0 Å². The fraction of sp³-hybridized carbons (Fsp3) is 0.886.